The minimum atomic E-state index is -4.99. The van der Waals surface area contributed by atoms with Gasteiger partial charge in [-0.05, 0) is 119 Å². The number of alkyl halides is 3. The fourth-order valence-corrected chi connectivity index (χ4v) is 8.63. The van der Waals surface area contributed by atoms with Gasteiger partial charge in [-0.15, -0.1) is 11.3 Å². The number of allylic oxidation sites excluding steroid dienone is 8. The van der Waals surface area contributed by atoms with Crippen molar-refractivity contribution < 1.29 is 31.5 Å². The number of hydrogen-bond donors (Lipinski definition) is 0. The summed E-state index contributed by atoms with van der Waals surface area (Å²) in [6, 6.07) is 4.20. The van der Waals surface area contributed by atoms with E-state index < -0.39 is 29.0 Å². The van der Waals surface area contributed by atoms with E-state index in [1.165, 1.54) is 52.5 Å². The zero-order valence-corrected chi connectivity index (χ0v) is 37.6. The second-order valence-corrected chi connectivity index (χ2v) is 17.4. The molecule has 2 heterocycles. The van der Waals surface area contributed by atoms with Gasteiger partial charge in [-0.2, -0.15) is 18.4 Å². The van der Waals surface area contributed by atoms with Crippen molar-refractivity contribution in [3.05, 3.63) is 87.3 Å². The second kappa shape index (κ2) is 21.4. The zero-order valence-electron chi connectivity index (χ0n) is 36.8. The number of halogens is 5. The van der Waals surface area contributed by atoms with Crippen LogP contribution in [-0.4, -0.2) is 67.8 Å². The molecule has 2 aliphatic carbocycles. The number of likely N-dealkylation sites (tertiary alicyclic amines) is 1. The standard InChI is InChI=1S/C36H44F5N3OS.C7H13N.C4H6O/c1-10-13-29(45-9)43-33-25(22(7)44(8)23(12-3)15-14-21(6)11-2)18-27(36(39,40)41)31(32(33)38)24-16-17-28(37)35-30(24)26(19-42)34(46-35)20(4)5;1-8-5-4-7(6-8)2-3-7;1-3-4(2)5/h13,16-18,20-21,23H,10-12,14-15H2,1-9H3;2-6H2,1H3;3H,1H2,2H3/b25-22+,29-13-,43-33+;;. The first-order chi connectivity index (χ1) is 27.7. The van der Waals surface area contributed by atoms with Gasteiger partial charge in [0.1, 0.15) is 17.6 Å². The monoisotopic (exact) mass is 842 g/mol. The quantitative estimate of drug-likeness (QED) is 0.114. The average molecular weight is 843 g/mol. The van der Waals surface area contributed by atoms with E-state index in [9.17, 15) is 10.1 Å². The number of ether oxygens (including phenoxy) is 1. The highest BCUT2D eigenvalue weighted by Crippen LogP contribution is 2.52. The molecule has 1 spiro atoms. The molecule has 0 bridgehead atoms. The van der Waals surface area contributed by atoms with Crippen molar-refractivity contribution in [2.24, 2.45) is 16.3 Å². The predicted molar refractivity (Wildman–Crippen MR) is 233 cm³/mol. The van der Waals surface area contributed by atoms with E-state index in [-0.39, 0.29) is 56.1 Å². The molecule has 59 heavy (non-hydrogen) atoms. The van der Waals surface area contributed by atoms with Crippen molar-refractivity contribution in [1.29, 1.82) is 5.26 Å². The van der Waals surface area contributed by atoms with Crippen LogP contribution >= 0.6 is 11.3 Å². The number of benzene rings is 1. The van der Waals surface area contributed by atoms with E-state index in [1.807, 2.05) is 39.6 Å². The molecular formula is C47H63F5N4O2S. The lowest BCUT2D eigenvalue weighted by Gasteiger charge is -2.33. The highest BCUT2D eigenvalue weighted by Gasteiger charge is 2.46. The number of hydrogen-bond acceptors (Lipinski definition) is 7. The SMILES string of the molecule is C=CC(C)=O.CC/C=C(/N=C1/C(F)=C(c2ccc(F)c3sc(C(C)C)c(C#N)c23)C(C(F)(F)F)=C/C1=C(/C)N(C)C(CC)CCC(C)CC)OC.CN1CCC2(CC2)C1. The summed E-state index contributed by atoms with van der Waals surface area (Å²) >= 11 is 0.998. The van der Waals surface area contributed by atoms with Gasteiger partial charge in [0.2, 0.25) is 5.88 Å². The Labute approximate surface area is 352 Å². The third kappa shape index (κ3) is 12.3. The maximum atomic E-state index is 17.1. The third-order valence-corrected chi connectivity index (χ3v) is 13.1. The fraction of sp³-hybridized carbons (Fsp3) is 0.553. The number of nitriles is 1. The Bertz CT molecular complexity index is 2030. The molecule has 1 aromatic carbocycles. The first kappa shape index (κ1) is 49.3. The van der Waals surface area contributed by atoms with Gasteiger partial charge < -0.3 is 14.5 Å². The predicted octanol–water partition coefficient (Wildman–Crippen LogP) is 13.2. The molecule has 0 N–H and O–H groups in total. The fourth-order valence-electron chi connectivity index (χ4n) is 7.45. The van der Waals surface area contributed by atoms with Gasteiger partial charge in [0, 0.05) is 46.7 Å². The lowest BCUT2D eigenvalue weighted by molar-refractivity contribution is -0.112. The van der Waals surface area contributed by atoms with Gasteiger partial charge in [-0.25, -0.2) is 13.8 Å². The van der Waals surface area contributed by atoms with Crippen molar-refractivity contribution in [2.45, 2.75) is 125 Å². The van der Waals surface area contributed by atoms with Crippen LogP contribution in [0.5, 0.6) is 0 Å². The van der Waals surface area contributed by atoms with Crippen molar-refractivity contribution in [1.82, 2.24) is 9.80 Å². The van der Waals surface area contributed by atoms with Gasteiger partial charge in [-0.3, -0.25) is 4.79 Å². The number of nitrogens with zero attached hydrogens (tertiary/aromatic N) is 4. The van der Waals surface area contributed by atoms with E-state index in [0.717, 1.165) is 60.6 Å². The largest absolute Gasteiger partial charge is 0.481 e. The van der Waals surface area contributed by atoms with E-state index in [0.29, 0.717) is 22.9 Å². The second-order valence-electron chi connectivity index (χ2n) is 16.3. The molecule has 1 saturated carbocycles. The van der Waals surface area contributed by atoms with Crippen molar-refractivity contribution in [3.8, 4) is 6.07 Å². The average Bonchev–Trinajstić information content (AvgIpc) is 3.67. The lowest BCUT2D eigenvalue weighted by Crippen LogP contribution is -2.32. The molecule has 1 aliphatic heterocycles. The minimum Gasteiger partial charge on any atom is -0.481 e. The molecule has 12 heteroatoms. The highest BCUT2D eigenvalue weighted by atomic mass is 32.1. The molecule has 2 atom stereocenters. The number of methoxy groups -OCH3 is 1. The Balaban J connectivity index is 0.000000601. The first-order valence-corrected chi connectivity index (χ1v) is 21.5. The molecule has 2 aromatic rings. The number of rotatable bonds is 13. The Kier molecular flexibility index (Phi) is 17.9. The van der Waals surface area contributed by atoms with E-state index in [4.69, 9.17) is 4.74 Å². The molecule has 1 aromatic heterocycles. The number of ketones is 1. The Morgan fingerprint density at radius 2 is 1.76 bits per heavy atom. The number of thiophene rings is 1. The van der Waals surface area contributed by atoms with Crippen LogP contribution < -0.4 is 0 Å². The molecule has 324 valence electrons. The van der Waals surface area contributed by atoms with E-state index in [1.54, 1.807) is 13.0 Å². The van der Waals surface area contributed by atoms with Crippen molar-refractivity contribution >= 4 is 38.5 Å². The van der Waals surface area contributed by atoms with Crippen LogP contribution in [0.3, 0.4) is 0 Å². The Morgan fingerprint density at radius 3 is 2.20 bits per heavy atom. The first-order valence-electron chi connectivity index (χ1n) is 20.7. The molecule has 2 unspecified atom stereocenters. The van der Waals surface area contributed by atoms with Gasteiger partial charge in [0.25, 0.3) is 0 Å². The molecule has 5 rings (SSSR count). The highest BCUT2D eigenvalue weighted by molar-refractivity contribution is 7.19. The van der Waals surface area contributed by atoms with Gasteiger partial charge in [0.15, 0.2) is 11.6 Å². The lowest BCUT2D eigenvalue weighted by atomic mass is 9.84. The summed E-state index contributed by atoms with van der Waals surface area (Å²) in [5.41, 5.74) is -1.26. The molecule has 3 aliphatic rings. The smallest absolute Gasteiger partial charge is 0.417 e. The summed E-state index contributed by atoms with van der Waals surface area (Å²) in [5, 5.41) is 10.1. The number of fused-ring (bicyclic) bond motifs is 1. The Morgan fingerprint density at radius 1 is 1.12 bits per heavy atom. The summed E-state index contributed by atoms with van der Waals surface area (Å²) in [5.74, 6) is -1.56. The minimum absolute atomic E-state index is 0.00201. The summed E-state index contributed by atoms with van der Waals surface area (Å²) in [6.45, 7) is 20.8. The van der Waals surface area contributed by atoms with Crippen LogP contribution in [0.2, 0.25) is 0 Å². The summed E-state index contributed by atoms with van der Waals surface area (Å²) < 4.78 is 82.7. The normalized spacial score (nSPS) is 19.1. The molecule has 1 saturated heterocycles. The molecule has 6 nitrogen and oxygen atoms in total. The van der Waals surface area contributed by atoms with Gasteiger partial charge in [0.05, 0.1) is 22.9 Å². The molecule has 0 radical (unpaired) electrons. The maximum Gasteiger partial charge on any atom is 0.417 e. The van der Waals surface area contributed by atoms with Crippen molar-refractivity contribution in [2.75, 3.05) is 34.3 Å². The summed E-state index contributed by atoms with van der Waals surface area (Å²) in [4.78, 5) is 19.0. The van der Waals surface area contributed by atoms with Crippen LogP contribution in [0.1, 0.15) is 129 Å². The molecule has 2 fully saturated rings. The van der Waals surface area contributed by atoms with E-state index >= 15 is 22.0 Å². The van der Waals surface area contributed by atoms with Crippen LogP contribution in [0.4, 0.5) is 22.0 Å². The van der Waals surface area contributed by atoms with Crippen LogP contribution in [0, 0.1) is 28.5 Å². The van der Waals surface area contributed by atoms with Crippen LogP contribution in [0.25, 0.3) is 15.7 Å². The molecular weight excluding hydrogens is 780 g/mol. The summed E-state index contributed by atoms with van der Waals surface area (Å²) in [6.07, 6.45) is 7.34. The topological polar surface area (TPSA) is 68.9 Å². The maximum absolute atomic E-state index is 17.1. The number of carbonyl (C=O) groups is 1. The zero-order chi connectivity index (χ0) is 44.4. The third-order valence-electron chi connectivity index (χ3n) is 11.6. The van der Waals surface area contributed by atoms with Gasteiger partial charge in [-0.1, -0.05) is 60.6 Å². The Hall–Kier alpha value is -4.08. The number of aliphatic imine (C=N–C) groups is 1. The van der Waals surface area contributed by atoms with Crippen LogP contribution in [-0.2, 0) is 9.53 Å². The van der Waals surface area contributed by atoms with E-state index in [2.05, 4.69) is 43.4 Å². The van der Waals surface area contributed by atoms with Crippen molar-refractivity contribution in [3.63, 3.8) is 0 Å². The van der Waals surface area contributed by atoms with Gasteiger partial charge >= 0.3 is 6.18 Å². The molecule has 0 amide bonds. The summed E-state index contributed by atoms with van der Waals surface area (Å²) in [7, 11) is 5.40. The number of carbonyl (C=O) groups excluding carboxylic acids is 1. The van der Waals surface area contributed by atoms with Crippen LogP contribution in [0.15, 0.2) is 70.5 Å².